The fourth-order valence-electron chi connectivity index (χ4n) is 4.08. The van der Waals surface area contributed by atoms with Crippen LogP contribution < -0.4 is 0 Å². The van der Waals surface area contributed by atoms with Crippen LogP contribution in [0, 0.1) is 13.8 Å². The molecular formula is C30H44N2S2. The molecule has 0 aliphatic heterocycles. The largest absolute Gasteiger partial charge is 0.303 e. The van der Waals surface area contributed by atoms with Crippen LogP contribution in [0.4, 0.5) is 0 Å². The van der Waals surface area contributed by atoms with Crippen LogP contribution in [0.2, 0.25) is 0 Å². The van der Waals surface area contributed by atoms with Gasteiger partial charge >= 0.3 is 0 Å². The summed E-state index contributed by atoms with van der Waals surface area (Å²) in [5, 5.41) is 0. The second-order valence-electron chi connectivity index (χ2n) is 10.1. The van der Waals surface area contributed by atoms with Crippen molar-refractivity contribution in [3.8, 4) is 0 Å². The zero-order valence-corrected chi connectivity index (χ0v) is 23.8. The van der Waals surface area contributed by atoms with Gasteiger partial charge in [0.15, 0.2) is 0 Å². The van der Waals surface area contributed by atoms with Gasteiger partial charge in [0.2, 0.25) is 0 Å². The van der Waals surface area contributed by atoms with Crippen molar-refractivity contribution >= 4 is 34.2 Å². The molecule has 0 aromatic heterocycles. The molecule has 0 spiro atoms. The van der Waals surface area contributed by atoms with E-state index in [1.807, 2.05) is 0 Å². The minimum Gasteiger partial charge on any atom is -0.303 e. The molecule has 2 aromatic rings. The fourth-order valence-corrected chi connectivity index (χ4v) is 4.83. The van der Waals surface area contributed by atoms with Crippen LogP contribution in [0.3, 0.4) is 0 Å². The molecule has 4 heteroatoms. The van der Waals surface area contributed by atoms with Gasteiger partial charge in [0, 0.05) is 21.8 Å². The van der Waals surface area contributed by atoms with Gasteiger partial charge in [-0.2, -0.15) is 0 Å². The molecule has 2 unspecified atom stereocenters. The van der Waals surface area contributed by atoms with Crippen molar-refractivity contribution in [3.05, 3.63) is 70.8 Å². The topological polar surface area (TPSA) is 6.48 Å². The molecule has 0 N–H and O–H groups in total. The lowest BCUT2D eigenvalue weighted by Crippen LogP contribution is -2.32. The van der Waals surface area contributed by atoms with Crippen molar-refractivity contribution in [2.75, 3.05) is 27.2 Å². The molecule has 0 fully saturated rings. The molecule has 2 nitrogen and oxygen atoms in total. The van der Waals surface area contributed by atoms with E-state index < -0.39 is 0 Å². The quantitative estimate of drug-likeness (QED) is 0.144. The predicted octanol–water partition coefficient (Wildman–Crippen LogP) is 7.42. The number of unbranched alkanes of at least 4 members (excludes halogenated alkanes) is 3. The highest BCUT2D eigenvalue weighted by atomic mass is 32.1. The van der Waals surface area contributed by atoms with E-state index in [2.05, 4.69) is 100 Å². The first-order chi connectivity index (χ1) is 16.2. The molecule has 2 atom stereocenters. The zero-order valence-electron chi connectivity index (χ0n) is 22.1. The lowest BCUT2D eigenvalue weighted by molar-refractivity contribution is 0.247. The monoisotopic (exact) mass is 496 g/mol. The van der Waals surface area contributed by atoms with Gasteiger partial charge in [0.25, 0.3) is 0 Å². The number of hydrogen-bond acceptors (Lipinski definition) is 4. The first-order valence-corrected chi connectivity index (χ1v) is 13.6. The number of hydrogen-bond donors (Lipinski definition) is 0. The molecule has 0 heterocycles. The maximum atomic E-state index is 5.69. The maximum absolute atomic E-state index is 5.69. The van der Waals surface area contributed by atoms with Crippen molar-refractivity contribution < 1.29 is 0 Å². The van der Waals surface area contributed by atoms with Crippen LogP contribution >= 0.6 is 24.4 Å². The smallest absolute Gasteiger partial charge is 0.0240 e. The molecule has 186 valence electrons. The van der Waals surface area contributed by atoms with Gasteiger partial charge in [0.05, 0.1) is 0 Å². The summed E-state index contributed by atoms with van der Waals surface area (Å²) in [6, 6.07) is 18.1. The Morgan fingerprint density at radius 1 is 0.618 bits per heavy atom. The number of rotatable bonds is 15. The van der Waals surface area contributed by atoms with E-state index in [0.29, 0.717) is 12.1 Å². The molecule has 0 saturated carbocycles. The van der Waals surface area contributed by atoms with Crippen LogP contribution in [-0.2, 0) is 0 Å². The number of benzene rings is 2. The normalized spacial score (nSPS) is 13.3. The van der Waals surface area contributed by atoms with Crippen LogP contribution in [0.25, 0.3) is 0 Å². The zero-order chi connectivity index (χ0) is 25.1. The summed E-state index contributed by atoms with van der Waals surface area (Å²) < 4.78 is 0. The van der Waals surface area contributed by atoms with Gasteiger partial charge < -0.3 is 9.80 Å². The van der Waals surface area contributed by atoms with Crippen LogP contribution in [0.1, 0.15) is 74.6 Å². The molecule has 34 heavy (non-hydrogen) atoms. The Bertz CT molecular complexity index is 814. The molecule has 0 amide bonds. The average Bonchev–Trinajstić information content (AvgIpc) is 2.81. The lowest BCUT2D eigenvalue weighted by atomic mass is 10.0. The Kier molecular flexibility index (Phi) is 12.5. The third-order valence-electron chi connectivity index (χ3n) is 6.99. The Hall–Kier alpha value is -1.46. The molecule has 0 aliphatic rings. The third kappa shape index (κ3) is 10.0. The predicted molar refractivity (Wildman–Crippen MR) is 158 cm³/mol. The lowest BCUT2D eigenvalue weighted by Gasteiger charge is -2.26. The number of nitrogens with zero attached hydrogens (tertiary/aromatic N) is 2. The summed E-state index contributed by atoms with van der Waals surface area (Å²) in [4.78, 5) is 7.05. The first kappa shape index (κ1) is 28.8. The van der Waals surface area contributed by atoms with E-state index in [4.69, 9.17) is 24.4 Å². The molecule has 0 saturated heterocycles. The van der Waals surface area contributed by atoms with Crippen LogP contribution in [0.5, 0.6) is 0 Å². The highest BCUT2D eigenvalue weighted by molar-refractivity contribution is 7.81. The third-order valence-corrected chi connectivity index (χ3v) is 7.79. The van der Waals surface area contributed by atoms with Crippen molar-refractivity contribution in [1.82, 2.24) is 9.80 Å². The minimum atomic E-state index is 0.471. The number of aryl methyl sites for hydroxylation is 2. The molecule has 2 rings (SSSR count). The summed E-state index contributed by atoms with van der Waals surface area (Å²) in [7, 11) is 4.46. The standard InChI is InChI=1S/C30H44N2S2/c1-23-11-15-27(16-12-23)29(33)21-25(3)31(5)19-9-7-8-10-20-32(6)26(4)22-30(34)28-17-13-24(2)14-18-28/h11-18,25-26H,7-10,19-22H2,1-6H3. The summed E-state index contributed by atoms with van der Waals surface area (Å²) >= 11 is 11.4. The van der Waals surface area contributed by atoms with Crippen LogP contribution in [0.15, 0.2) is 48.5 Å². The number of thiocarbonyl (C=S) groups is 2. The minimum absolute atomic E-state index is 0.471. The van der Waals surface area contributed by atoms with E-state index >= 15 is 0 Å². The highest BCUT2D eigenvalue weighted by Gasteiger charge is 2.14. The second kappa shape index (κ2) is 14.8. The maximum Gasteiger partial charge on any atom is 0.0240 e. The first-order valence-electron chi connectivity index (χ1n) is 12.8. The molecule has 0 aliphatic carbocycles. The van der Waals surface area contributed by atoms with E-state index in [-0.39, 0.29) is 0 Å². The van der Waals surface area contributed by atoms with E-state index in [0.717, 1.165) is 35.7 Å². The Morgan fingerprint density at radius 3 is 1.26 bits per heavy atom. The summed E-state index contributed by atoms with van der Waals surface area (Å²) in [6.45, 7) is 11.1. The van der Waals surface area contributed by atoms with Gasteiger partial charge in [-0.1, -0.05) is 96.9 Å². The highest BCUT2D eigenvalue weighted by Crippen LogP contribution is 2.14. The average molecular weight is 497 g/mol. The van der Waals surface area contributed by atoms with E-state index in [1.54, 1.807) is 0 Å². The van der Waals surface area contributed by atoms with Gasteiger partial charge in [-0.3, -0.25) is 0 Å². The molecule has 2 aromatic carbocycles. The van der Waals surface area contributed by atoms with Crippen molar-refractivity contribution in [1.29, 1.82) is 0 Å². The fraction of sp³-hybridized carbons (Fsp3) is 0.533. The van der Waals surface area contributed by atoms with E-state index in [1.165, 1.54) is 47.9 Å². The second-order valence-corrected chi connectivity index (χ2v) is 11.0. The van der Waals surface area contributed by atoms with E-state index in [9.17, 15) is 0 Å². The Morgan fingerprint density at radius 2 is 0.941 bits per heavy atom. The van der Waals surface area contributed by atoms with Gasteiger partial charge in [-0.25, -0.2) is 0 Å². The summed E-state index contributed by atoms with van der Waals surface area (Å²) in [5.41, 5.74) is 4.95. The Balaban J connectivity index is 1.59. The molecule has 0 bridgehead atoms. The molecular weight excluding hydrogens is 452 g/mol. The van der Waals surface area contributed by atoms with Gasteiger partial charge in [-0.15, -0.1) is 0 Å². The van der Waals surface area contributed by atoms with Crippen molar-refractivity contribution in [2.24, 2.45) is 0 Å². The molecule has 0 radical (unpaired) electrons. The van der Waals surface area contributed by atoms with Crippen molar-refractivity contribution in [2.45, 2.75) is 78.3 Å². The van der Waals surface area contributed by atoms with Gasteiger partial charge in [0.1, 0.15) is 0 Å². The van der Waals surface area contributed by atoms with Crippen LogP contribution in [-0.4, -0.2) is 58.8 Å². The van der Waals surface area contributed by atoms with Gasteiger partial charge in [-0.05, 0) is 91.7 Å². The summed E-state index contributed by atoms with van der Waals surface area (Å²) in [6.07, 6.45) is 6.95. The summed E-state index contributed by atoms with van der Waals surface area (Å²) in [5.74, 6) is 0. The van der Waals surface area contributed by atoms with Crippen molar-refractivity contribution in [3.63, 3.8) is 0 Å². The Labute approximate surface area is 219 Å². The SMILES string of the molecule is Cc1ccc(C(=S)CC(C)N(C)CCCCCCN(C)C(C)CC(=S)c2ccc(C)cc2)cc1.